The Balaban J connectivity index is 1.85. The lowest BCUT2D eigenvalue weighted by atomic mass is 9.79. The largest absolute Gasteiger partial charge is 0.493 e. The summed E-state index contributed by atoms with van der Waals surface area (Å²) in [6.07, 6.45) is -1.84. The van der Waals surface area contributed by atoms with Gasteiger partial charge in [0.15, 0.2) is 18.1 Å². The summed E-state index contributed by atoms with van der Waals surface area (Å²) in [6.45, 7) is 8.63. The van der Waals surface area contributed by atoms with Crippen molar-refractivity contribution in [3.05, 3.63) is 23.3 Å². The maximum atomic E-state index is 12.7. The van der Waals surface area contributed by atoms with Crippen molar-refractivity contribution in [2.75, 3.05) is 26.8 Å². The molecule has 0 radical (unpaired) electrons. The van der Waals surface area contributed by atoms with Crippen LogP contribution in [0.4, 0.5) is 13.2 Å². The highest BCUT2D eigenvalue weighted by Crippen LogP contribution is 2.44. The first-order valence-corrected chi connectivity index (χ1v) is 11.8. The number of halogens is 3. The lowest BCUT2D eigenvalue weighted by Crippen LogP contribution is -2.49. The van der Waals surface area contributed by atoms with E-state index in [4.69, 9.17) is 14.2 Å². The molecule has 8 heteroatoms. The Kier molecular flexibility index (Phi) is 8.19. The smallest absolute Gasteiger partial charge is 0.422 e. The van der Waals surface area contributed by atoms with Crippen LogP contribution in [0.2, 0.25) is 0 Å². The molecular weight excluding hydrogens is 435 g/mol. The molecule has 0 aliphatic carbocycles. The summed E-state index contributed by atoms with van der Waals surface area (Å²) >= 11 is 0. The standard InChI is InChI=1S/C25H36F3NO4/c1-15(2)8-18-13-29-7-6-17-10-23(32-14-25(26,27)28)22(31-5)11-19(17)20(29)12-21(18)33-24(30)9-16(3)4/h10-11,15-16,18,20-21H,6-9,12-14H2,1-5H3/t18-,20-,21-/m1/s1. The molecule has 1 saturated heterocycles. The predicted molar refractivity (Wildman–Crippen MR) is 119 cm³/mol. The lowest BCUT2D eigenvalue weighted by Gasteiger charge is -2.47. The van der Waals surface area contributed by atoms with Crippen LogP contribution in [0.3, 0.4) is 0 Å². The summed E-state index contributed by atoms with van der Waals surface area (Å²) in [5.74, 6) is 1.21. The van der Waals surface area contributed by atoms with Crippen molar-refractivity contribution >= 4 is 5.97 Å². The quantitative estimate of drug-likeness (QED) is 0.465. The van der Waals surface area contributed by atoms with Crippen molar-refractivity contribution in [1.29, 1.82) is 0 Å². The number of methoxy groups -OCH3 is 1. The fourth-order valence-electron chi connectivity index (χ4n) is 5.05. The molecule has 186 valence electrons. The number of hydrogen-bond acceptors (Lipinski definition) is 5. The topological polar surface area (TPSA) is 48.0 Å². The Morgan fingerprint density at radius 1 is 1.15 bits per heavy atom. The van der Waals surface area contributed by atoms with Crippen molar-refractivity contribution in [2.45, 2.75) is 71.7 Å². The highest BCUT2D eigenvalue weighted by atomic mass is 19.4. The van der Waals surface area contributed by atoms with Crippen molar-refractivity contribution < 1.29 is 32.2 Å². The van der Waals surface area contributed by atoms with E-state index in [0.29, 0.717) is 18.8 Å². The summed E-state index contributed by atoms with van der Waals surface area (Å²) in [7, 11) is 1.43. The molecule has 1 fully saturated rings. The van der Waals surface area contributed by atoms with Crippen LogP contribution in [0.5, 0.6) is 11.5 Å². The van der Waals surface area contributed by atoms with Crippen LogP contribution in [-0.4, -0.2) is 50.0 Å². The highest BCUT2D eigenvalue weighted by molar-refractivity contribution is 5.69. The Hall–Kier alpha value is -1.96. The third-order valence-electron chi connectivity index (χ3n) is 6.37. The van der Waals surface area contributed by atoms with Gasteiger partial charge in [0.1, 0.15) is 6.10 Å². The number of rotatable bonds is 8. The fourth-order valence-corrected chi connectivity index (χ4v) is 5.05. The van der Waals surface area contributed by atoms with Gasteiger partial charge < -0.3 is 14.2 Å². The van der Waals surface area contributed by atoms with Gasteiger partial charge in [0, 0.05) is 37.9 Å². The van der Waals surface area contributed by atoms with Crippen molar-refractivity contribution in [1.82, 2.24) is 4.90 Å². The van der Waals surface area contributed by atoms with Crippen LogP contribution in [0.15, 0.2) is 12.1 Å². The summed E-state index contributed by atoms with van der Waals surface area (Å²) in [4.78, 5) is 14.9. The van der Waals surface area contributed by atoms with E-state index in [9.17, 15) is 18.0 Å². The molecule has 0 bridgehead atoms. The maximum Gasteiger partial charge on any atom is 0.422 e. The molecule has 2 aliphatic rings. The van der Waals surface area contributed by atoms with E-state index in [-0.39, 0.29) is 41.4 Å². The number of fused-ring (bicyclic) bond motifs is 3. The molecule has 3 atom stereocenters. The third kappa shape index (κ3) is 6.78. The first-order chi connectivity index (χ1) is 15.5. The minimum atomic E-state index is -4.42. The van der Waals surface area contributed by atoms with E-state index in [0.717, 1.165) is 37.1 Å². The van der Waals surface area contributed by atoms with Crippen molar-refractivity contribution in [3.63, 3.8) is 0 Å². The van der Waals surface area contributed by atoms with Crippen LogP contribution in [0.25, 0.3) is 0 Å². The van der Waals surface area contributed by atoms with Gasteiger partial charge >= 0.3 is 12.1 Å². The van der Waals surface area contributed by atoms with Gasteiger partial charge in [0.05, 0.1) is 7.11 Å². The molecule has 0 amide bonds. The van der Waals surface area contributed by atoms with Gasteiger partial charge in [-0.1, -0.05) is 27.7 Å². The lowest BCUT2D eigenvalue weighted by molar-refractivity contribution is -0.158. The van der Waals surface area contributed by atoms with E-state index < -0.39 is 12.8 Å². The van der Waals surface area contributed by atoms with Crippen LogP contribution < -0.4 is 9.47 Å². The number of alkyl halides is 3. The zero-order chi connectivity index (χ0) is 24.3. The Bertz CT molecular complexity index is 825. The Morgan fingerprint density at radius 2 is 1.88 bits per heavy atom. The van der Waals surface area contributed by atoms with Crippen LogP contribution in [-0.2, 0) is 16.0 Å². The second-order valence-corrected chi connectivity index (χ2v) is 10.1. The van der Waals surface area contributed by atoms with E-state index >= 15 is 0 Å². The van der Waals surface area contributed by atoms with Gasteiger partial charge in [-0.3, -0.25) is 9.69 Å². The second kappa shape index (κ2) is 10.5. The molecule has 2 aliphatic heterocycles. The molecule has 2 heterocycles. The van der Waals surface area contributed by atoms with Gasteiger partial charge in [-0.15, -0.1) is 0 Å². The van der Waals surface area contributed by atoms with E-state index in [1.807, 2.05) is 13.8 Å². The molecule has 33 heavy (non-hydrogen) atoms. The molecule has 5 nitrogen and oxygen atoms in total. The molecule has 0 unspecified atom stereocenters. The van der Waals surface area contributed by atoms with Gasteiger partial charge in [0.25, 0.3) is 0 Å². The van der Waals surface area contributed by atoms with E-state index in [1.54, 1.807) is 12.1 Å². The normalized spacial score (nSPS) is 23.3. The van der Waals surface area contributed by atoms with E-state index in [1.165, 1.54) is 7.11 Å². The molecule has 1 aromatic carbocycles. The van der Waals surface area contributed by atoms with Crippen molar-refractivity contribution in [2.24, 2.45) is 17.8 Å². The molecule has 0 spiro atoms. The van der Waals surface area contributed by atoms with Gasteiger partial charge in [-0.25, -0.2) is 0 Å². The molecule has 0 saturated carbocycles. The molecular formula is C25H36F3NO4. The Morgan fingerprint density at radius 3 is 2.48 bits per heavy atom. The zero-order valence-corrected chi connectivity index (χ0v) is 20.2. The number of esters is 1. The average molecular weight is 472 g/mol. The average Bonchev–Trinajstić information content (AvgIpc) is 2.70. The van der Waals surface area contributed by atoms with Gasteiger partial charge in [-0.05, 0) is 47.9 Å². The van der Waals surface area contributed by atoms with Crippen LogP contribution in [0.1, 0.15) is 64.1 Å². The summed E-state index contributed by atoms with van der Waals surface area (Å²) in [5.41, 5.74) is 1.98. The SMILES string of the molecule is COc1cc2c(cc1OCC(F)(F)F)CCN1C[C@@H](CC(C)C)[C@H](OC(=O)CC(C)C)C[C@H]21. The van der Waals surface area contributed by atoms with E-state index in [2.05, 4.69) is 18.7 Å². The molecule has 1 aromatic rings. The maximum absolute atomic E-state index is 12.7. The first kappa shape index (κ1) is 25.7. The van der Waals surface area contributed by atoms with Gasteiger partial charge in [0.2, 0.25) is 0 Å². The van der Waals surface area contributed by atoms with Gasteiger partial charge in [-0.2, -0.15) is 13.2 Å². The van der Waals surface area contributed by atoms with Crippen LogP contribution >= 0.6 is 0 Å². The number of nitrogens with zero attached hydrogens (tertiary/aromatic N) is 1. The fraction of sp³-hybridized carbons (Fsp3) is 0.720. The number of carbonyl (C=O) groups excluding carboxylic acids is 1. The molecule has 0 aromatic heterocycles. The second-order valence-electron chi connectivity index (χ2n) is 10.1. The minimum Gasteiger partial charge on any atom is -0.493 e. The third-order valence-corrected chi connectivity index (χ3v) is 6.37. The monoisotopic (exact) mass is 471 g/mol. The summed E-state index contributed by atoms with van der Waals surface area (Å²) < 4.78 is 54.4. The number of piperidine rings is 1. The number of benzene rings is 1. The summed E-state index contributed by atoms with van der Waals surface area (Å²) in [5, 5.41) is 0. The minimum absolute atomic E-state index is 0.0274. The molecule has 3 rings (SSSR count). The highest BCUT2D eigenvalue weighted by Gasteiger charge is 2.41. The summed E-state index contributed by atoms with van der Waals surface area (Å²) in [6, 6.07) is 3.50. The zero-order valence-electron chi connectivity index (χ0n) is 20.2. The van der Waals surface area contributed by atoms with Crippen LogP contribution in [0, 0.1) is 17.8 Å². The number of hydrogen-bond donors (Lipinski definition) is 0. The number of ether oxygens (including phenoxy) is 3. The first-order valence-electron chi connectivity index (χ1n) is 11.8. The van der Waals surface area contributed by atoms with Crippen molar-refractivity contribution in [3.8, 4) is 11.5 Å². The Labute approximate surface area is 194 Å². The number of carbonyl (C=O) groups is 1. The molecule has 0 N–H and O–H groups in total. The predicted octanol–water partition coefficient (Wildman–Crippen LogP) is 5.56.